The summed E-state index contributed by atoms with van der Waals surface area (Å²) in [6.07, 6.45) is 0. The Labute approximate surface area is 180 Å². The smallest absolute Gasteiger partial charge is 0.264 e. The maximum atomic E-state index is 13.4. The summed E-state index contributed by atoms with van der Waals surface area (Å²) in [5, 5.41) is 0. The van der Waals surface area contributed by atoms with Crippen LogP contribution in [0.5, 0.6) is 5.75 Å². The number of likely N-dealkylation sites (N-methyl/N-ethyl adjacent to an activating group) is 1. The number of ether oxygens (including phenoxy) is 1. The Balaban J connectivity index is 1.96. The fourth-order valence-corrected chi connectivity index (χ4v) is 4.43. The molecular weight excluding hydrogens is 423 g/mol. The van der Waals surface area contributed by atoms with Crippen LogP contribution in [0.2, 0.25) is 0 Å². The van der Waals surface area contributed by atoms with Crippen LogP contribution in [0.25, 0.3) is 0 Å². The van der Waals surface area contributed by atoms with Gasteiger partial charge in [-0.2, -0.15) is 0 Å². The molecule has 164 valence electrons. The molecule has 0 saturated carbocycles. The van der Waals surface area contributed by atoms with Crippen molar-refractivity contribution in [3.05, 3.63) is 78.0 Å². The van der Waals surface area contributed by atoms with E-state index < -0.39 is 28.3 Å². The molecule has 0 aliphatic heterocycles. The summed E-state index contributed by atoms with van der Waals surface area (Å²) in [5.41, 5.74) is 0.199. The highest BCUT2D eigenvalue weighted by Crippen LogP contribution is 2.32. The Kier molecular flexibility index (Phi) is 6.65. The predicted octanol–water partition coefficient (Wildman–Crippen LogP) is 3.59. The number of carbonyl (C=O) groups is 1. The minimum atomic E-state index is -4.19. The minimum absolute atomic E-state index is 0.142. The molecule has 0 saturated heterocycles. The fourth-order valence-electron chi connectivity index (χ4n) is 3.00. The molecule has 7 nitrogen and oxygen atoms in total. The number of nitrogens with zero attached hydrogens (tertiary/aromatic N) is 2. The van der Waals surface area contributed by atoms with Crippen molar-refractivity contribution in [3.8, 4) is 5.75 Å². The highest BCUT2D eigenvalue weighted by Gasteiger charge is 2.30. The number of carbonyl (C=O) groups excluding carboxylic acids is 1. The third kappa shape index (κ3) is 5.05. The lowest BCUT2D eigenvalue weighted by Gasteiger charge is -2.27. The Morgan fingerprint density at radius 2 is 1.74 bits per heavy atom. The van der Waals surface area contributed by atoms with E-state index in [1.807, 2.05) is 0 Å². The second-order valence-corrected chi connectivity index (χ2v) is 8.76. The Morgan fingerprint density at radius 3 is 2.35 bits per heavy atom. The number of furan rings is 1. The van der Waals surface area contributed by atoms with Gasteiger partial charge in [-0.1, -0.05) is 12.1 Å². The SMILES string of the molecule is COc1ccccc1N(CC(=O)N(C)Cc1ccc(C)o1)S(=O)(=O)c1ccc(F)cc1. The monoisotopic (exact) mass is 446 g/mol. The number of hydrogen-bond acceptors (Lipinski definition) is 5. The van der Waals surface area contributed by atoms with Crippen LogP contribution < -0.4 is 9.04 Å². The maximum Gasteiger partial charge on any atom is 0.264 e. The summed E-state index contributed by atoms with van der Waals surface area (Å²) in [4.78, 5) is 14.2. The average Bonchev–Trinajstić information content (AvgIpc) is 3.16. The van der Waals surface area contributed by atoms with E-state index in [-0.39, 0.29) is 22.9 Å². The van der Waals surface area contributed by atoms with Crippen molar-refractivity contribution in [1.29, 1.82) is 0 Å². The Hall–Kier alpha value is -3.33. The lowest BCUT2D eigenvalue weighted by atomic mass is 10.3. The number of amides is 1. The zero-order valence-electron chi connectivity index (χ0n) is 17.4. The molecule has 1 amide bonds. The molecule has 0 unspecified atom stereocenters. The molecule has 3 rings (SSSR count). The summed E-state index contributed by atoms with van der Waals surface area (Å²) in [5.74, 6) is 0.562. The molecular formula is C22H23FN2O5S. The highest BCUT2D eigenvalue weighted by atomic mass is 32.2. The van der Waals surface area contributed by atoms with Crippen molar-refractivity contribution in [2.45, 2.75) is 18.4 Å². The van der Waals surface area contributed by atoms with Gasteiger partial charge in [-0.05, 0) is 55.5 Å². The van der Waals surface area contributed by atoms with Crippen LogP contribution >= 0.6 is 0 Å². The van der Waals surface area contributed by atoms with Gasteiger partial charge in [-0.25, -0.2) is 12.8 Å². The summed E-state index contributed by atoms with van der Waals surface area (Å²) in [6.45, 7) is 1.50. The molecule has 3 aromatic rings. The zero-order valence-corrected chi connectivity index (χ0v) is 18.2. The molecule has 0 radical (unpaired) electrons. The second kappa shape index (κ2) is 9.22. The topological polar surface area (TPSA) is 80.1 Å². The molecule has 0 bridgehead atoms. The predicted molar refractivity (Wildman–Crippen MR) is 114 cm³/mol. The Morgan fingerprint density at radius 1 is 1.06 bits per heavy atom. The lowest BCUT2D eigenvalue weighted by Crippen LogP contribution is -2.41. The van der Waals surface area contributed by atoms with E-state index >= 15 is 0 Å². The zero-order chi connectivity index (χ0) is 22.6. The number of para-hydroxylation sites is 2. The summed E-state index contributed by atoms with van der Waals surface area (Å²) >= 11 is 0. The number of benzene rings is 2. The number of halogens is 1. The first-order valence-corrected chi connectivity index (χ1v) is 10.9. The van der Waals surface area contributed by atoms with Crippen LogP contribution in [-0.2, 0) is 21.4 Å². The van der Waals surface area contributed by atoms with E-state index in [9.17, 15) is 17.6 Å². The largest absolute Gasteiger partial charge is 0.495 e. The first-order valence-electron chi connectivity index (χ1n) is 9.43. The molecule has 1 aromatic heterocycles. The fraction of sp³-hybridized carbons (Fsp3) is 0.227. The molecule has 0 atom stereocenters. The molecule has 0 aliphatic rings. The summed E-state index contributed by atoms with van der Waals surface area (Å²) in [7, 11) is -1.21. The van der Waals surface area contributed by atoms with Crippen molar-refractivity contribution in [3.63, 3.8) is 0 Å². The molecule has 1 heterocycles. The number of methoxy groups -OCH3 is 1. The number of sulfonamides is 1. The number of anilines is 1. The molecule has 0 fully saturated rings. The van der Waals surface area contributed by atoms with E-state index in [2.05, 4.69) is 0 Å². The van der Waals surface area contributed by atoms with Gasteiger partial charge in [0.25, 0.3) is 10.0 Å². The lowest BCUT2D eigenvalue weighted by molar-refractivity contribution is -0.129. The van der Waals surface area contributed by atoms with Crippen LogP contribution in [0, 0.1) is 12.7 Å². The molecule has 31 heavy (non-hydrogen) atoms. The first kappa shape index (κ1) is 22.4. The van der Waals surface area contributed by atoms with Gasteiger partial charge >= 0.3 is 0 Å². The second-order valence-electron chi connectivity index (χ2n) is 6.90. The van der Waals surface area contributed by atoms with Gasteiger partial charge in [-0.3, -0.25) is 9.10 Å². The van der Waals surface area contributed by atoms with Crippen LogP contribution in [0.15, 0.2) is 70.0 Å². The van der Waals surface area contributed by atoms with Gasteiger partial charge in [-0.15, -0.1) is 0 Å². The van der Waals surface area contributed by atoms with Crippen molar-refractivity contribution < 1.29 is 26.8 Å². The third-order valence-corrected chi connectivity index (χ3v) is 6.42. The third-order valence-electron chi connectivity index (χ3n) is 4.65. The van der Waals surface area contributed by atoms with E-state index in [0.29, 0.717) is 11.5 Å². The molecule has 9 heteroatoms. The maximum absolute atomic E-state index is 13.4. The van der Waals surface area contributed by atoms with Crippen LogP contribution in [0.3, 0.4) is 0 Å². The van der Waals surface area contributed by atoms with Gasteiger partial charge in [0.15, 0.2) is 0 Å². The normalized spacial score (nSPS) is 11.2. The van der Waals surface area contributed by atoms with Crippen molar-refractivity contribution in [2.75, 3.05) is 25.0 Å². The first-order chi connectivity index (χ1) is 14.7. The quantitative estimate of drug-likeness (QED) is 0.528. The van der Waals surface area contributed by atoms with Gasteiger partial charge in [0.2, 0.25) is 5.91 Å². The number of hydrogen-bond donors (Lipinski definition) is 0. The van der Waals surface area contributed by atoms with Crippen LogP contribution in [-0.4, -0.2) is 39.9 Å². The van der Waals surface area contributed by atoms with Gasteiger partial charge in [0.05, 0.1) is 24.2 Å². The van der Waals surface area contributed by atoms with E-state index in [4.69, 9.17) is 9.15 Å². The minimum Gasteiger partial charge on any atom is -0.495 e. The van der Waals surface area contributed by atoms with E-state index in [1.54, 1.807) is 50.4 Å². The average molecular weight is 447 g/mol. The number of rotatable bonds is 8. The van der Waals surface area contributed by atoms with Crippen LogP contribution in [0.4, 0.5) is 10.1 Å². The summed E-state index contributed by atoms with van der Waals surface area (Å²) < 4.78 is 51.9. The number of aryl methyl sites for hydroxylation is 1. The van der Waals surface area contributed by atoms with Crippen LogP contribution in [0.1, 0.15) is 11.5 Å². The molecule has 2 aromatic carbocycles. The van der Waals surface area contributed by atoms with Crippen molar-refractivity contribution in [1.82, 2.24) is 4.90 Å². The summed E-state index contributed by atoms with van der Waals surface area (Å²) in [6, 6.07) is 14.5. The standard InChI is InChI=1S/C22H23FN2O5S/c1-16-8-11-18(30-16)14-24(2)22(26)15-25(20-6-4-5-7-21(20)29-3)31(27,28)19-12-9-17(23)10-13-19/h4-13H,14-15H2,1-3H3. The van der Waals surface area contributed by atoms with Crippen molar-refractivity contribution in [2.24, 2.45) is 0 Å². The van der Waals surface area contributed by atoms with E-state index in [0.717, 1.165) is 28.6 Å². The molecule has 0 N–H and O–H groups in total. The van der Waals surface area contributed by atoms with Gasteiger partial charge in [0.1, 0.15) is 29.6 Å². The molecule has 0 spiro atoms. The highest BCUT2D eigenvalue weighted by molar-refractivity contribution is 7.92. The Bertz CT molecular complexity index is 1160. The molecule has 0 aliphatic carbocycles. The van der Waals surface area contributed by atoms with Gasteiger partial charge in [0, 0.05) is 7.05 Å². The van der Waals surface area contributed by atoms with Crippen molar-refractivity contribution >= 4 is 21.6 Å². The van der Waals surface area contributed by atoms with E-state index in [1.165, 1.54) is 12.0 Å². The van der Waals surface area contributed by atoms with Gasteiger partial charge < -0.3 is 14.1 Å².